The Labute approximate surface area is 99.9 Å². The van der Waals surface area contributed by atoms with Crippen molar-refractivity contribution < 1.29 is 4.79 Å². The summed E-state index contributed by atoms with van der Waals surface area (Å²) < 4.78 is 0. The van der Waals surface area contributed by atoms with Gasteiger partial charge >= 0.3 is 0 Å². The lowest BCUT2D eigenvalue weighted by molar-refractivity contribution is -0.130. The normalized spacial score (nSPS) is 10.3. The Kier molecular flexibility index (Phi) is 5.73. The highest BCUT2D eigenvalue weighted by Crippen LogP contribution is 2.12. The molecule has 15 heavy (non-hydrogen) atoms. The number of unbranched alkanes of at least 4 members (excludes halogenated alkanes) is 1. The van der Waals surface area contributed by atoms with Crippen molar-refractivity contribution in [3.63, 3.8) is 0 Å². The first-order valence-corrected chi connectivity index (χ1v) is 6.47. The van der Waals surface area contributed by atoms with E-state index in [1.165, 1.54) is 4.88 Å². The molecule has 0 spiro atoms. The Hall–Kier alpha value is -0.540. The van der Waals surface area contributed by atoms with Gasteiger partial charge in [-0.3, -0.25) is 4.79 Å². The van der Waals surface area contributed by atoms with E-state index in [0.29, 0.717) is 12.3 Å². The fourth-order valence-electron chi connectivity index (χ4n) is 1.29. The molecule has 0 bridgehead atoms. The first-order valence-electron chi connectivity index (χ1n) is 5.06. The number of thiophene rings is 1. The Morgan fingerprint density at radius 2 is 2.33 bits per heavy atom. The molecule has 0 aliphatic rings. The fraction of sp³-hybridized carbons (Fsp3) is 0.545. The van der Waals surface area contributed by atoms with Crippen molar-refractivity contribution in [1.82, 2.24) is 4.90 Å². The van der Waals surface area contributed by atoms with Gasteiger partial charge in [0, 0.05) is 24.2 Å². The third-order valence-corrected chi connectivity index (χ3v) is 3.30. The van der Waals surface area contributed by atoms with Crippen LogP contribution in [0.25, 0.3) is 0 Å². The van der Waals surface area contributed by atoms with Crippen molar-refractivity contribution >= 4 is 28.8 Å². The lowest BCUT2D eigenvalue weighted by Crippen LogP contribution is -2.25. The number of halogens is 1. The molecular weight excluding hydrogens is 230 g/mol. The van der Waals surface area contributed by atoms with Gasteiger partial charge in [-0.1, -0.05) is 6.07 Å². The zero-order valence-electron chi connectivity index (χ0n) is 8.91. The summed E-state index contributed by atoms with van der Waals surface area (Å²) in [7, 11) is 1.85. The molecule has 2 nitrogen and oxygen atoms in total. The standard InChI is InChI=1S/C11H16ClNOS/c1-13(9-10-5-4-8-15-10)11(14)6-2-3-7-12/h4-5,8H,2-3,6-7,9H2,1H3. The number of hydrogen-bond donors (Lipinski definition) is 0. The van der Waals surface area contributed by atoms with Crippen LogP contribution < -0.4 is 0 Å². The highest BCUT2D eigenvalue weighted by Gasteiger charge is 2.08. The van der Waals surface area contributed by atoms with E-state index in [9.17, 15) is 4.79 Å². The van der Waals surface area contributed by atoms with Crippen molar-refractivity contribution in [1.29, 1.82) is 0 Å². The first-order chi connectivity index (χ1) is 7.24. The SMILES string of the molecule is CN(Cc1cccs1)C(=O)CCCCCl. The van der Waals surface area contributed by atoms with Gasteiger partial charge in [-0.15, -0.1) is 22.9 Å². The summed E-state index contributed by atoms with van der Waals surface area (Å²) in [6, 6.07) is 4.05. The summed E-state index contributed by atoms with van der Waals surface area (Å²) in [6.07, 6.45) is 2.41. The van der Waals surface area contributed by atoms with Gasteiger partial charge in [0.1, 0.15) is 0 Å². The average molecular weight is 246 g/mol. The summed E-state index contributed by atoms with van der Waals surface area (Å²) in [4.78, 5) is 14.6. The van der Waals surface area contributed by atoms with Crippen LogP contribution in [0.3, 0.4) is 0 Å². The van der Waals surface area contributed by atoms with E-state index in [0.717, 1.165) is 19.4 Å². The van der Waals surface area contributed by atoms with E-state index in [1.54, 1.807) is 16.2 Å². The summed E-state index contributed by atoms with van der Waals surface area (Å²) in [5, 5.41) is 2.03. The summed E-state index contributed by atoms with van der Waals surface area (Å²) in [6.45, 7) is 0.720. The predicted octanol–water partition coefficient (Wildman–Crippen LogP) is 3.12. The minimum Gasteiger partial charge on any atom is -0.341 e. The van der Waals surface area contributed by atoms with Crippen LogP contribution in [0, 0.1) is 0 Å². The number of hydrogen-bond acceptors (Lipinski definition) is 2. The van der Waals surface area contributed by atoms with Crippen molar-refractivity contribution in [2.75, 3.05) is 12.9 Å². The van der Waals surface area contributed by atoms with E-state index in [4.69, 9.17) is 11.6 Å². The monoisotopic (exact) mass is 245 g/mol. The maximum atomic E-state index is 11.6. The van der Waals surface area contributed by atoms with E-state index in [1.807, 2.05) is 24.6 Å². The third kappa shape index (κ3) is 4.67. The molecule has 84 valence electrons. The number of carbonyl (C=O) groups excluding carboxylic acids is 1. The van der Waals surface area contributed by atoms with Gasteiger partial charge in [0.05, 0.1) is 6.54 Å². The van der Waals surface area contributed by atoms with Gasteiger partial charge < -0.3 is 4.90 Å². The fourth-order valence-corrected chi connectivity index (χ4v) is 2.23. The van der Waals surface area contributed by atoms with Crippen LogP contribution in [0.5, 0.6) is 0 Å². The average Bonchev–Trinajstić information content (AvgIpc) is 2.70. The molecule has 0 atom stereocenters. The maximum absolute atomic E-state index is 11.6. The summed E-state index contributed by atoms with van der Waals surface area (Å²) >= 11 is 7.24. The number of carbonyl (C=O) groups is 1. The molecule has 0 radical (unpaired) electrons. The Bertz CT molecular complexity index is 287. The molecule has 1 rings (SSSR count). The van der Waals surface area contributed by atoms with Crippen LogP contribution in [0.4, 0.5) is 0 Å². The van der Waals surface area contributed by atoms with Crippen molar-refractivity contribution in [3.05, 3.63) is 22.4 Å². The smallest absolute Gasteiger partial charge is 0.222 e. The van der Waals surface area contributed by atoms with Crippen LogP contribution in [0.1, 0.15) is 24.1 Å². The summed E-state index contributed by atoms with van der Waals surface area (Å²) in [5.74, 6) is 0.843. The second-order valence-electron chi connectivity index (χ2n) is 3.48. The van der Waals surface area contributed by atoms with E-state index >= 15 is 0 Å². The first kappa shape index (κ1) is 12.5. The molecule has 1 aromatic heterocycles. The van der Waals surface area contributed by atoms with Crippen molar-refractivity contribution in [2.45, 2.75) is 25.8 Å². The zero-order valence-corrected chi connectivity index (χ0v) is 10.5. The second-order valence-corrected chi connectivity index (χ2v) is 4.89. The zero-order chi connectivity index (χ0) is 11.1. The molecule has 1 heterocycles. The molecule has 1 amide bonds. The second kappa shape index (κ2) is 6.85. The lowest BCUT2D eigenvalue weighted by atomic mass is 10.2. The molecule has 0 aliphatic heterocycles. The highest BCUT2D eigenvalue weighted by atomic mass is 35.5. The van der Waals surface area contributed by atoms with Crippen molar-refractivity contribution in [2.24, 2.45) is 0 Å². The molecule has 0 saturated heterocycles. The predicted molar refractivity (Wildman–Crippen MR) is 65.4 cm³/mol. The highest BCUT2D eigenvalue weighted by molar-refractivity contribution is 7.09. The largest absolute Gasteiger partial charge is 0.341 e. The van der Waals surface area contributed by atoms with Gasteiger partial charge in [0.15, 0.2) is 0 Å². The molecular formula is C11H16ClNOS. The van der Waals surface area contributed by atoms with E-state index in [-0.39, 0.29) is 5.91 Å². The third-order valence-electron chi connectivity index (χ3n) is 2.17. The van der Waals surface area contributed by atoms with Gasteiger partial charge in [0.25, 0.3) is 0 Å². The quantitative estimate of drug-likeness (QED) is 0.557. The Morgan fingerprint density at radius 1 is 1.53 bits per heavy atom. The minimum absolute atomic E-state index is 0.202. The Balaban J connectivity index is 2.27. The Morgan fingerprint density at radius 3 is 2.93 bits per heavy atom. The lowest BCUT2D eigenvalue weighted by Gasteiger charge is -2.15. The minimum atomic E-state index is 0.202. The molecule has 0 aromatic carbocycles. The van der Waals surface area contributed by atoms with Gasteiger partial charge in [0.2, 0.25) is 5.91 Å². The van der Waals surface area contributed by atoms with Crippen molar-refractivity contribution in [3.8, 4) is 0 Å². The molecule has 0 unspecified atom stereocenters. The molecule has 1 aromatic rings. The number of rotatable bonds is 6. The van der Waals surface area contributed by atoms with Gasteiger partial charge in [-0.2, -0.15) is 0 Å². The molecule has 0 saturated carbocycles. The van der Waals surface area contributed by atoms with Crippen LogP contribution in [0.2, 0.25) is 0 Å². The maximum Gasteiger partial charge on any atom is 0.222 e. The topological polar surface area (TPSA) is 20.3 Å². The van der Waals surface area contributed by atoms with Crippen LogP contribution in [0.15, 0.2) is 17.5 Å². The molecule has 0 fully saturated rings. The molecule has 4 heteroatoms. The van der Waals surface area contributed by atoms with Crippen LogP contribution in [-0.2, 0) is 11.3 Å². The van der Waals surface area contributed by atoms with Gasteiger partial charge in [-0.05, 0) is 24.3 Å². The van der Waals surface area contributed by atoms with E-state index in [2.05, 4.69) is 0 Å². The molecule has 0 N–H and O–H groups in total. The van der Waals surface area contributed by atoms with Crippen LogP contribution in [-0.4, -0.2) is 23.7 Å². The number of alkyl halides is 1. The number of amides is 1. The van der Waals surface area contributed by atoms with Crippen LogP contribution >= 0.6 is 22.9 Å². The molecule has 0 aliphatic carbocycles. The summed E-state index contributed by atoms with van der Waals surface area (Å²) in [5.41, 5.74) is 0. The van der Waals surface area contributed by atoms with E-state index < -0.39 is 0 Å². The van der Waals surface area contributed by atoms with Gasteiger partial charge in [-0.25, -0.2) is 0 Å². The number of nitrogens with zero attached hydrogens (tertiary/aromatic N) is 1.